The van der Waals surface area contributed by atoms with Crippen LogP contribution in [0.15, 0.2) is 0 Å². The van der Waals surface area contributed by atoms with E-state index < -0.39 is 97.5 Å². The molecule has 83 heavy (non-hydrogen) atoms. The van der Waals surface area contributed by atoms with Crippen molar-refractivity contribution in [2.75, 3.05) is 39.6 Å². The lowest BCUT2D eigenvalue weighted by atomic mass is 10.00. The molecule has 0 spiro atoms. The second-order valence-corrected chi connectivity index (χ2v) is 26.3. The number of phosphoric acid groups is 2. The van der Waals surface area contributed by atoms with Crippen LogP contribution in [0.25, 0.3) is 0 Å². The van der Waals surface area contributed by atoms with Crippen molar-refractivity contribution >= 4 is 39.5 Å². The highest BCUT2D eigenvalue weighted by molar-refractivity contribution is 7.47. The Bertz CT molecular complexity index is 1620. The number of carbonyl (C=O) groups excluding carboxylic acids is 4. The minimum absolute atomic E-state index is 0.103. The third kappa shape index (κ3) is 57.6. The standard InChI is InChI=1S/C64H124O17P2/c1-6-10-13-16-19-21-23-25-27-29-32-38-43-48-62(67)75-54-59(80-63(68)49-44-39-33-30-28-26-24-22-20-17-14-11-7-2)55-78-82(70,71)76-51-58(65)52-77-83(72,73)79-56-60(53-74-61(66)47-42-37-31-18-15-12-8-3)81-64(69)50-45-40-35-34-36-41-46-57(5)9-4/h57-60,65H,6-56H2,1-5H3,(H,70,71)(H,72,73)/t57?,58-,59-,60-/m1/s1. The molecule has 0 aliphatic heterocycles. The van der Waals surface area contributed by atoms with E-state index in [1.54, 1.807) is 0 Å². The van der Waals surface area contributed by atoms with E-state index in [1.807, 2.05) is 0 Å². The Balaban J connectivity index is 5.22. The summed E-state index contributed by atoms with van der Waals surface area (Å²) in [5, 5.41) is 10.5. The van der Waals surface area contributed by atoms with Crippen molar-refractivity contribution in [1.82, 2.24) is 0 Å². The van der Waals surface area contributed by atoms with Crippen molar-refractivity contribution in [3.8, 4) is 0 Å². The molecule has 3 unspecified atom stereocenters. The quantitative estimate of drug-likeness (QED) is 0.0222. The molecule has 0 aromatic heterocycles. The lowest BCUT2D eigenvalue weighted by molar-refractivity contribution is -0.161. The van der Waals surface area contributed by atoms with E-state index in [4.69, 9.17) is 37.0 Å². The Morgan fingerprint density at radius 3 is 0.855 bits per heavy atom. The maximum atomic E-state index is 13.0. The fourth-order valence-electron chi connectivity index (χ4n) is 9.55. The number of aliphatic hydroxyl groups is 1. The van der Waals surface area contributed by atoms with Gasteiger partial charge in [0.1, 0.15) is 19.3 Å². The summed E-state index contributed by atoms with van der Waals surface area (Å²) in [6.45, 7) is 7.11. The van der Waals surface area contributed by atoms with E-state index >= 15 is 0 Å². The second-order valence-electron chi connectivity index (χ2n) is 23.4. The van der Waals surface area contributed by atoms with E-state index in [-0.39, 0.29) is 25.7 Å². The van der Waals surface area contributed by atoms with Crippen LogP contribution in [0.1, 0.15) is 324 Å². The zero-order valence-electron chi connectivity index (χ0n) is 53.3. The molecule has 6 atom stereocenters. The van der Waals surface area contributed by atoms with Gasteiger partial charge in [0.2, 0.25) is 0 Å². The number of phosphoric ester groups is 2. The predicted octanol–water partition coefficient (Wildman–Crippen LogP) is 17.8. The summed E-state index contributed by atoms with van der Waals surface area (Å²) in [5.41, 5.74) is 0. The van der Waals surface area contributed by atoms with Crippen LogP contribution in [0.4, 0.5) is 0 Å². The van der Waals surface area contributed by atoms with Gasteiger partial charge in [0, 0.05) is 25.7 Å². The molecule has 0 saturated carbocycles. The van der Waals surface area contributed by atoms with Crippen LogP contribution in [-0.2, 0) is 65.4 Å². The van der Waals surface area contributed by atoms with E-state index in [0.717, 1.165) is 109 Å². The summed E-state index contributed by atoms with van der Waals surface area (Å²) in [6, 6.07) is 0. The average molecular weight is 1230 g/mol. The molecule has 0 aromatic carbocycles. The number of esters is 4. The molecule has 0 amide bonds. The van der Waals surface area contributed by atoms with E-state index in [1.165, 1.54) is 135 Å². The molecule has 19 heteroatoms. The van der Waals surface area contributed by atoms with Crippen LogP contribution >= 0.6 is 15.6 Å². The van der Waals surface area contributed by atoms with Gasteiger partial charge in [0.25, 0.3) is 0 Å². The molecule has 0 aromatic rings. The highest BCUT2D eigenvalue weighted by Crippen LogP contribution is 2.45. The normalized spacial score (nSPS) is 14.6. The topological polar surface area (TPSA) is 237 Å². The molecular weight excluding hydrogens is 1100 g/mol. The van der Waals surface area contributed by atoms with Gasteiger partial charge in [-0.2, -0.15) is 0 Å². The molecule has 0 heterocycles. The fourth-order valence-corrected chi connectivity index (χ4v) is 11.1. The Kier molecular flexibility index (Phi) is 56.4. The van der Waals surface area contributed by atoms with Crippen LogP contribution in [0.2, 0.25) is 0 Å². The third-order valence-corrected chi connectivity index (χ3v) is 17.0. The molecule has 0 aliphatic carbocycles. The number of ether oxygens (including phenoxy) is 4. The second kappa shape index (κ2) is 57.8. The fraction of sp³-hybridized carbons (Fsp3) is 0.938. The lowest BCUT2D eigenvalue weighted by Gasteiger charge is -2.21. The molecule has 492 valence electrons. The van der Waals surface area contributed by atoms with Gasteiger partial charge in [0.05, 0.1) is 26.4 Å². The average Bonchev–Trinajstić information content (AvgIpc) is 3.48. The van der Waals surface area contributed by atoms with Gasteiger partial charge in [-0.25, -0.2) is 9.13 Å². The summed E-state index contributed by atoms with van der Waals surface area (Å²) in [4.78, 5) is 72.1. The van der Waals surface area contributed by atoms with Crippen LogP contribution in [0.5, 0.6) is 0 Å². The first-order valence-electron chi connectivity index (χ1n) is 33.7. The number of carbonyl (C=O) groups is 4. The molecule has 0 radical (unpaired) electrons. The van der Waals surface area contributed by atoms with Gasteiger partial charge in [-0.3, -0.25) is 37.3 Å². The monoisotopic (exact) mass is 1230 g/mol. The zero-order valence-corrected chi connectivity index (χ0v) is 55.1. The minimum atomic E-state index is -4.94. The van der Waals surface area contributed by atoms with E-state index in [9.17, 15) is 43.2 Å². The first-order chi connectivity index (χ1) is 40.1. The lowest BCUT2D eigenvalue weighted by Crippen LogP contribution is -2.30. The Hall–Kier alpha value is -1.94. The Labute approximate surface area is 505 Å². The summed E-state index contributed by atoms with van der Waals surface area (Å²) < 4.78 is 67.9. The largest absolute Gasteiger partial charge is 0.472 e. The van der Waals surface area contributed by atoms with Crippen molar-refractivity contribution in [3.63, 3.8) is 0 Å². The summed E-state index contributed by atoms with van der Waals surface area (Å²) in [7, 11) is -9.88. The van der Waals surface area contributed by atoms with Crippen molar-refractivity contribution in [3.05, 3.63) is 0 Å². The van der Waals surface area contributed by atoms with Gasteiger partial charge in [-0.05, 0) is 31.6 Å². The van der Waals surface area contributed by atoms with Crippen LogP contribution < -0.4 is 0 Å². The van der Waals surface area contributed by atoms with Gasteiger partial charge in [0.15, 0.2) is 12.2 Å². The van der Waals surface area contributed by atoms with Gasteiger partial charge in [-0.15, -0.1) is 0 Å². The van der Waals surface area contributed by atoms with Crippen LogP contribution in [0, 0.1) is 5.92 Å². The molecular formula is C64H124O17P2. The van der Waals surface area contributed by atoms with Gasteiger partial charge < -0.3 is 33.8 Å². The van der Waals surface area contributed by atoms with Crippen molar-refractivity contribution < 1.29 is 80.2 Å². The zero-order chi connectivity index (χ0) is 61.3. The van der Waals surface area contributed by atoms with E-state index in [2.05, 4.69) is 34.6 Å². The first-order valence-corrected chi connectivity index (χ1v) is 36.7. The molecule has 0 bridgehead atoms. The predicted molar refractivity (Wildman–Crippen MR) is 331 cm³/mol. The number of unbranched alkanes of at least 4 members (excludes halogenated alkanes) is 35. The maximum absolute atomic E-state index is 13.0. The number of rotatable bonds is 64. The number of aliphatic hydroxyl groups excluding tert-OH is 1. The van der Waals surface area contributed by atoms with Gasteiger partial charge >= 0.3 is 39.5 Å². The summed E-state index contributed by atoms with van der Waals surface area (Å²) in [5.74, 6) is -1.42. The Morgan fingerprint density at radius 1 is 0.337 bits per heavy atom. The summed E-state index contributed by atoms with van der Waals surface area (Å²) >= 11 is 0. The van der Waals surface area contributed by atoms with Crippen molar-refractivity contribution in [2.45, 2.75) is 342 Å². The molecule has 3 N–H and O–H groups in total. The van der Waals surface area contributed by atoms with Crippen LogP contribution in [0.3, 0.4) is 0 Å². The van der Waals surface area contributed by atoms with Crippen molar-refractivity contribution in [2.24, 2.45) is 5.92 Å². The highest BCUT2D eigenvalue weighted by atomic mass is 31.2. The minimum Gasteiger partial charge on any atom is -0.462 e. The molecule has 0 saturated heterocycles. The number of hydrogen-bond acceptors (Lipinski definition) is 15. The molecule has 0 fully saturated rings. The van der Waals surface area contributed by atoms with E-state index in [0.29, 0.717) is 25.7 Å². The first kappa shape index (κ1) is 81.1. The smallest absolute Gasteiger partial charge is 0.462 e. The summed E-state index contributed by atoms with van der Waals surface area (Å²) in [6.07, 6.45) is 41.7. The number of hydrogen-bond donors (Lipinski definition) is 3. The molecule has 0 aliphatic rings. The van der Waals surface area contributed by atoms with Gasteiger partial charge in [-0.1, -0.05) is 272 Å². The van der Waals surface area contributed by atoms with Crippen LogP contribution in [-0.4, -0.2) is 96.7 Å². The highest BCUT2D eigenvalue weighted by Gasteiger charge is 2.30. The maximum Gasteiger partial charge on any atom is 0.472 e. The molecule has 0 rings (SSSR count). The van der Waals surface area contributed by atoms with Crippen molar-refractivity contribution in [1.29, 1.82) is 0 Å². The Morgan fingerprint density at radius 2 is 0.578 bits per heavy atom. The third-order valence-electron chi connectivity index (χ3n) is 15.1. The molecule has 17 nitrogen and oxygen atoms in total. The SMILES string of the molecule is CCCCCCCCCCCCCCCC(=O)OC[C@H](COP(=O)(O)OC[C@@H](O)COP(=O)(O)OC[C@@H](COC(=O)CCCCCCCCC)OC(=O)CCCCCCCCC(C)CC)OC(=O)CCCCCCCCCCCCCCC.